The molecule has 0 unspecified atom stereocenters. The zero-order valence-corrected chi connectivity index (χ0v) is 13.1. The summed E-state index contributed by atoms with van der Waals surface area (Å²) < 4.78 is 5.26. The molecule has 1 aromatic rings. The van der Waals surface area contributed by atoms with Gasteiger partial charge in [0.05, 0.1) is 13.2 Å². The Morgan fingerprint density at radius 1 is 1.09 bits per heavy atom. The summed E-state index contributed by atoms with van der Waals surface area (Å²) in [6.45, 7) is 7.39. The highest BCUT2D eigenvalue weighted by Gasteiger charge is 2.26. The molecule has 1 N–H and O–H groups in total. The van der Waals surface area contributed by atoms with Crippen LogP contribution in [0.2, 0.25) is 0 Å². The molecule has 1 aliphatic heterocycles. The Hall–Kier alpha value is -2.21. The molecule has 22 heavy (non-hydrogen) atoms. The third-order valence-corrected chi connectivity index (χ3v) is 4.14. The number of hydrogen-bond donors (Lipinski definition) is 1. The SMILES string of the molecule is Cc1c(C=O)c(C)c(C(=O)N2CCOCC2)c(C)c1NC=O. The summed E-state index contributed by atoms with van der Waals surface area (Å²) in [5.74, 6) is -0.129. The van der Waals surface area contributed by atoms with Crippen molar-refractivity contribution < 1.29 is 19.1 Å². The number of morpholine rings is 1. The Labute approximate surface area is 129 Å². The largest absolute Gasteiger partial charge is 0.378 e. The van der Waals surface area contributed by atoms with Crippen LogP contribution in [-0.2, 0) is 9.53 Å². The van der Waals surface area contributed by atoms with Gasteiger partial charge < -0.3 is 15.0 Å². The van der Waals surface area contributed by atoms with E-state index in [2.05, 4.69) is 5.32 Å². The maximum atomic E-state index is 12.8. The molecule has 0 aliphatic carbocycles. The molecule has 6 heteroatoms. The fourth-order valence-corrected chi connectivity index (χ4v) is 2.94. The third kappa shape index (κ3) is 2.74. The van der Waals surface area contributed by atoms with Crippen LogP contribution in [0.3, 0.4) is 0 Å². The van der Waals surface area contributed by atoms with E-state index < -0.39 is 0 Å². The van der Waals surface area contributed by atoms with Gasteiger partial charge in [0.2, 0.25) is 6.41 Å². The van der Waals surface area contributed by atoms with Crippen LogP contribution in [0.4, 0.5) is 5.69 Å². The van der Waals surface area contributed by atoms with Crippen LogP contribution in [0.5, 0.6) is 0 Å². The summed E-state index contributed by atoms with van der Waals surface area (Å²) in [6, 6.07) is 0. The molecule has 1 heterocycles. The van der Waals surface area contributed by atoms with Crippen LogP contribution in [0.15, 0.2) is 0 Å². The van der Waals surface area contributed by atoms with Crippen molar-refractivity contribution in [2.45, 2.75) is 20.8 Å². The van der Waals surface area contributed by atoms with Crippen LogP contribution < -0.4 is 5.32 Å². The molecule has 2 amide bonds. The van der Waals surface area contributed by atoms with Gasteiger partial charge >= 0.3 is 0 Å². The van der Waals surface area contributed by atoms with Crippen molar-refractivity contribution in [2.24, 2.45) is 0 Å². The quantitative estimate of drug-likeness (QED) is 0.855. The van der Waals surface area contributed by atoms with Crippen molar-refractivity contribution in [3.63, 3.8) is 0 Å². The van der Waals surface area contributed by atoms with Gasteiger partial charge in [0.15, 0.2) is 6.29 Å². The van der Waals surface area contributed by atoms with Crippen molar-refractivity contribution in [1.29, 1.82) is 0 Å². The fourth-order valence-electron chi connectivity index (χ4n) is 2.94. The van der Waals surface area contributed by atoms with Gasteiger partial charge in [0.25, 0.3) is 5.91 Å². The predicted molar refractivity (Wildman–Crippen MR) is 82.4 cm³/mol. The molecule has 0 saturated carbocycles. The second-order valence-corrected chi connectivity index (χ2v) is 5.32. The lowest BCUT2D eigenvalue weighted by Crippen LogP contribution is -2.41. The number of aldehydes is 1. The number of carbonyl (C=O) groups excluding carboxylic acids is 3. The monoisotopic (exact) mass is 304 g/mol. The number of amides is 2. The second kappa shape index (κ2) is 6.70. The van der Waals surface area contributed by atoms with Crippen molar-refractivity contribution in [1.82, 2.24) is 4.90 Å². The first kappa shape index (κ1) is 16.2. The number of nitrogens with zero attached hydrogens (tertiary/aromatic N) is 1. The minimum Gasteiger partial charge on any atom is -0.378 e. The van der Waals surface area contributed by atoms with Crippen LogP contribution in [-0.4, -0.2) is 49.8 Å². The predicted octanol–water partition coefficient (Wildman–Crippen LogP) is 1.47. The van der Waals surface area contributed by atoms with Gasteiger partial charge in [-0.15, -0.1) is 0 Å². The van der Waals surface area contributed by atoms with Gasteiger partial charge in [-0.2, -0.15) is 0 Å². The standard InChI is InChI=1S/C16H20N2O4/c1-10-13(8-19)11(2)15(17-9-20)12(3)14(10)16(21)18-4-6-22-7-5-18/h8-9H,4-7H2,1-3H3,(H,17,20). The summed E-state index contributed by atoms with van der Waals surface area (Å²) in [5.41, 5.74) is 3.47. The van der Waals surface area contributed by atoms with E-state index >= 15 is 0 Å². The molecular formula is C16H20N2O4. The highest BCUT2D eigenvalue weighted by atomic mass is 16.5. The molecule has 1 aliphatic rings. The first-order valence-electron chi connectivity index (χ1n) is 7.19. The smallest absolute Gasteiger partial charge is 0.254 e. The molecule has 118 valence electrons. The van der Waals surface area contributed by atoms with Gasteiger partial charge in [-0.1, -0.05) is 0 Å². The average Bonchev–Trinajstić information content (AvgIpc) is 2.52. The Morgan fingerprint density at radius 2 is 1.73 bits per heavy atom. The summed E-state index contributed by atoms with van der Waals surface area (Å²) in [7, 11) is 0. The van der Waals surface area contributed by atoms with Crippen molar-refractivity contribution in [3.05, 3.63) is 27.8 Å². The van der Waals surface area contributed by atoms with Crippen LogP contribution in [0.25, 0.3) is 0 Å². The maximum Gasteiger partial charge on any atom is 0.254 e. The Balaban J connectivity index is 2.58. The molecule has 0 aromatic heterocycles. The summed E-state index contributed by atoms with van der Waals surface area (Å²) in [4.78, 5) is 36.8. The molecule has 6 nitrogen and oxygen atoms in total. The molecule has 0 spiro atoms. The Kier molecular flexibility index (Phi) is 4.92. The molecule has 0 radical (unpaired) electrons. The van der Waals surface area contributed by atoms with E-state index in [-0.39, 0.29) is 5.91 Å². The van der Waals surface area contributed by atoms with Crippen LogP contribution in [0.1, 0.15) is 37.4 Å². The Bertz CT molecular complexity index is 619. The van der Waals surface area contributed by atoms with Crippen molar-refractivity contribution in [3.8, 4) is 0 Å². The molecule has 1 aromatic carbocycles. The van der Waals surface area contributed by atoms with Gasteiger partial charge in [0, 0.05) is 29.9 Å². The molecule has 0 atom stereocenters. The number of hydrogen-bond acceptors (Lipinski definition) is 4. The van der Waals surface area contributed by atoms with Crippen LogP contribution in [0, 0.1) is 20.8 Å². The zero-order chi connectivity index (χ0) is 16.3. The second-order valence-electron chi connectivity index (χ2n) is 5.32. The van der Waals surface area contributed by atoms with Crippen LogP contribution >= 0.6 is 0 Å². The number of rotatable bonds is 4. The number of anilines is 1. The van der Waals surface area contributed by atoms with Crippen molar-refractivity contribution >= 4 is 24.3 Å². The van der Waals surface area contributed by atoms with Gasteiger partial charge in [-0.05, 0) is 37.5 Å². The van der Waals surface area contributed by atoms with Gasteiger partial charge in [-0.3, -0.25) is 14.4 Å². The highest BCUT2D eigenvalue weighted by Crippen LogP contribution is 2.31. The van der Waals surface area contributed by atoms with E-state index in [1.165, 1.54) is 0 Å². The highest BCUT2D eigenvalue weighted by molar-refractivity contribution is 6.02. The average molecular weight is 304 g/mol. The third-order valence-electron chi connectivity index (χ3n) is 4.14. The number of ether oxygens (including phenoxy) is 1. The first-order chi connectivity index (χ1) is 10.5. The van der Waals surface area contributed by atoms with E-state index in [1.807, 2.05) is 0 Å². The summed E-state index contributed by atoms with van der Waals surface area (Å²) in [6.07, 6.45) is 1.29. The van der Waals surface area contributed by atoms with Crippen molar-refractivity contribution in [2.75, 3.05) is 31.6 Å². The topological polar surface area (TPSA) is 75.7 Å². The maximum absolute atomic E-state index is 12.8. The molecular weight excluding hydrogens is 284 g/mol. The summed E-state index contributed by atoms with van der Waals surface area (Å²) in [5, 5.41) is 2.61. The van der Waals surface area contributed by atoms with Gasteiger partial charge in [-0.25, -0.2) is 0 Å². The van der Waals surface area contributed by atoms with E-state index in [0.717, 1.165) is 6.29 Å². The van der Waals surface area contributed by atoms with E-state index in [1.54, 1.807) is 25.7 Å². The lowest BCUT2D eigenvalue weighted by molar-refractivity contribution is -0.105. The molecule has 2 rings (SSSR count). The molecule has 1 saturated heterocycles. The van der Waals surface area contributed by atoms with E-state index in [4.69, 9.17) is 4.74 Å². The number of benzene rings is 1. The fraction of sp³-hybridized carbons (Fsp3) is 0.438. The zero-order valence-electron chi connectivity index (χ0n) is 13.1. The molecule has 1 fully saturated rings. The van der Waals surface area contributed by atoms with E-state index in [0.29, 0.717) is 66.2 Å². The lowest BCUT2D eigenvalue weighted by atomic mass is 9.91. The van der Waals surface area contributed by atoms with E-state index in [9.17, 15) is 14.4 Å². The summed E-state index contributed by atoms with van der Waals surface area (Å²) >= 11 is 0. The normalized spacial score (nSPS) is 14.6. The number of carbonyl (C=O) groups is 3. The minimum atomic E-state index is -0.129. The first-order valence-corrected chi connectivity index (χ1v) is 7.19. The Morgan fingerprint density at radius 3 is 2.27 bits per heavy atom. The number of nitrogens with one attached hydrogen (secondary N) is 1. The molecule has 0 bridgehead atoms. The minimum absolute atomic E-state index is 0.129. The lowest BCUT2D eigenvalue weighted by Gasteiger charge is -2.29. The van der Waals surface area contributed by atoms with Gasteiger partial charge in [0.1, 0.15) is 0 Å².